The molecule has 2 fully saturated rings. The molecular weight excluding hydrogens is 470 g/mol. The predicted molar refractivity (Wildman–Crippen MR) is 138 cm³/mol. The zero-order valence-electron chi connectivity index (χ0n) is 21.4. The fourth-order valence-corrected chi connectivity index (χ4v) is 6.87. The highest BCUT2D eigenvalue weighted by Gasteiger charge is 2.57. The average Bonchev–Trinajstić information content (AvgIpc) is 3.21. The third-order valence-electron chi connectivity index (χ3n) is 8.52. The molecule has 3 aromatic rings. The number of fused-ring (bicyclic) bond motifs is 5. The second-order valence-corrected chi connectivity index (χ2v) is 10.9. The number of likely N-dealkylation sites (tertiary alicyclic amines) is 1. The summed E-state index contributed by atoms with van der Waals surface area (Å²) in [4.78, 5) is 57.3. The van der Waals surface area contributed by atoms with Crippen LogP contribution in [0, 0.1) is 11.3 Å². The number of para-hydroxylation sites is 1. The van der Waals surface area contributed by atoms with Gasteiger partial charge in [-0.2, -0.15) is 0 Å². The monoisotopic (exact) mass is 501 g/mol. The number of barbiturate groups is 1. The number of hydrogen-bond acceptors (Lipinski definition) is 5. The molecule has 1 aromatic carbocycles. The van der Waals surface area contributed by atoms with Crippen LogP contribution < -0.4 is 5.56 Å². The first kappa shape index (κ1) is 23.7. The molecule has 3 aliphatic rings. The summed E-state index contributed by atoms with van der Waals surface area (Å²) in [7, 11) is 4.87. The second-order valence-electron chi connectivity index (χ2n) is 10.9. The van der Waals surface area contributed by atoms with Crippen LogP contribution in [0.15, 0.2) is 53.5 Å². The van der Waals surface area contributed by atoms with Gasteiger partial charge in [-0.05, 0) is 36.5 Å². The van der Waals surface area contributed by atoms with Crippen LogP contribution in [0.1, 0.15) is 23.6 Å². The Kier molecular flexibility index (Phi) is 5.38. The number of hydrogen-bond donors (Lipinski definition) is 0. The molecule has 0 spiro atoms. The molecule has 5 heterocycles. The van der Waals surface area contributed by atoms with E-state index < -0.39 is 23.3 Å². The number of benzene rings is 1. The van der Waals surface area contributed by atoms with Crippen LogP contribution >= 0.6 is 0 Å². The van der Waals surface area contributed by atoms with Crippen molar-refractivity contribution in [1.29, 1.82) is 0 Å². The van der Waals surface area contributed by atoms with Gasteiger partial charge in [0.05, 0.1) is 0 Å². The van der Waals surface area contributed by atoms with E-state index in [1.54, 1.807) is 12.1 Å². The van der Waals surface area contributed by atoms with E-state index in [1.807, 2.05) is 52.7 Å². The lowest BCUT2D eigenvalue weighted by molar-refractivity contribution is -0.159. The molecule has 4 amide bonds. The molecule has 2 saturated heterocycles. The first-order valence-corrected chi connectivity index (χ1v) is 12.7. The summed E-state index contributed by atoms with van der Waals surface area (Å²) in [6.07, 6.45) is 3.17. The Hall–Kier alpha value is -3.72. The van der Waals surface area contributed by atoms with Crippen molar-refractivity contribution in [2.45, 2.75) is 25.3 Å². The van der Waals surface area contributed by atoms with E-state index in [2.05, 4.69) is 4.90 Å². The highest BCUT2D eigenvalue weighted by atomic mass is 16.2. The Morgan fingerprint density at radius 2 is 1.59 bits per heavy atom. The standard InChI is InChI=1S/C28H31N5O4/c1-29-15-20(21-7-4-5-8-23(21)29)12-28(25(35)30(2)27(37)31(3)26(28)36)17-32-13-18-11-19(16-32)22-9-6-10-24(34)33(22)14-18/h4-10,15,18-19H,11-14,16-17H2,1-3H3/t18-,19+/m1/s1. The fraction of sp³-hybridized carbons (Fsp3) is 0.429. The van der Waals surface area contributed by atoms with Crippen molar-refractivity contribution in [1.82, 2.24) is 23.8 Å². The molecule has 6 rings (SSSR count). The maximum absolute atomic E-state index is 13.9. The van der Waals surface area contributed by atoms with Crippen LogP contribution in [-0.4, -0.2) is 75.4 Å². The highest BCUT2D eigenvalue weighted by Crippen LogP contribution is 2.40. The van der Waals surface area contributed by atoms with E-state index in [9.17, 15) is 19.2 Å². The molecule has 9 heteroatoms. The summed E-state index contributed by atoms with van der Waals surface area (Å²) in [6.45, 7) is 2.20. The van der Waals surface area contributed by atoms with E-state index in [0.29, 0.717) is 19.6 Å². The molecule has 2 atom stereocenters. The largest absolute Gasteiger partial charge is 0.350 e. The van der Waals surface area contributed by atoms with Gasteiger partial charge in [0.2, 0.25) is 11.8 Å². The normalized spacial score (nSPS) is 23.6. The minimum absolute atomic E-state index is 0.0208. The predicted octanol–water partition coefficient (Wildman–Crippen LogP) is 2.04. The van der Waals surface area contributed by atoms with E-state index in [4.69, 9.17) is 0 Å². The van der Waals surface area contributed by atoms with Gasteiger partial charge in [0, 0.05) is 82.1 Å². The van der Waals surface area contributed by atoms with Gasteiger partial charge in [0.1, 0.15) is 5.41 Å². The van der Waals surface area contributed by atoms with Crippen molar-refractivity contribution < 1.29 is 14.4 Å². The third kappa shape index (κ3) is 3.55. The molecular formula is C28H31N5O4. The van der Waals surface area contributed by atoms with Gasteiger partial charge in [-0.3, -0.25) is 24.2 Å². The molecule has 9 nitrogen and oxygen atoms in total. The van der Waals surface area contributed by atoms with Crippen LogP contribution in [-0.2, 0) is 29.6 Å². The first-order valence-electron chi connectivity index (χ1n) is 12.7. The number of aromatic nitrogens is 2. The minimum Gasteiger partial charge on any atom is -0.350 e. The average molecular weight is 502 g/mol. The van der Waals surface area contributed by atoms with Crippen molar-refractivity contribution in [2.75, 3.05) is 33.7 Å². The minimum atomic E-state index is -1.43. The number of aryl methyl sites for hydroxylation is 1. The smallest absolute Gasteiger partial charge is 0.332 e. The van der Waals surface area contributed by atoms with Crippen LogP contribution in [0.2, 0.25) is 0 Å². The van der Waals surface area contributed by atoms with Gasteiger partial charge >= 0.3 is 6.03 Å². The summed E-state index contributed by atoms with van der Waals surface area (Å²) in [5.74, 6) is -0.504. The zero-order chi connectivity index (χ0) is 26.1. The number of urea groups is 1. The van der Waals surface area contributed by atoms with Crippen LogP contribution in [0.4, 0.5) is 4.79 Å². The number of pyridine rings is 1. The zero-order valence-corrected chi connectivity index (χ0v) is 21.4. The van der Waals surface area contributed by atoms with Gasteiger partial charge in [-0.15, -0.1) is 0 Å². The van der Waals surface area contributed by atoms with E-state index in [-0.39, 0.29) is 30.4 Å². The number of carbonyl (C=O) groups excluding carboxylic acids is 3. The van der Waals surface area contributed by atoms with E-state index >= 15 is 0 Å². The Bertz CT molecular complexity index is 1480. The highest BCUT2D eigenvalue weighted by molar-refractivity contribution is 6.19. The number of piperidine rings is 1. The molecule has 3 aliphatic heterocycles. The lowest BCUT2D eigenvalue weighted by Gasteiger charge is -2.48. The van der Waals surface area contributed by atoms with Crippen molar-refractivity contribution in [3.63, 3.8) is 0 Å². The lowest BCUT2D eigenvalue weighted by Crippen LogP contribution is -2.67. The maximum Gasteiger partial charge on any atom is 0.332 e. The number of rotatable bonds is 4. The lowest BCUT2D eigenvalue weighted by atomic mass is 9.75. The van der Waals surface area contributed by atoms with Gasteiger partial charge in [-0.25, -0.2) is 4.79 Å². The van der Waals surface area contributed by atoms with E-state index in [0.717, 1.165) is 38.4 Å². The van der Waals surface area contributed by atoms with Crippen molar-refractivity contribution >= 4 is 28.7 Å². The van der Waals surface area contributed by atoms with Gasteiger partial charge in [0.15, 0.2) is 0 Å². The Morgan fingerprint density at radius 3 is 2.35 bits per heavy atom. The quantitative estimate of drug-likeness (QED) is 0.511. The topological polar surface area (TPSA) is 87.9 Å². The Balaban J connectivity index is 1.40. The second kappa shape index (κ2) is 8.41. The maximum atomic E-state index is 13.9. The molecule has 0 unspecified atom stereocenters. The summed E-state index contributed by atoms with van der Waals surface area (Å²) in [5.41, 5.74) is 1.54. The van der Waals surface area contributed by atoms with Gasteiger partial charge in [0.25, 0.3) is 5.56 Å². The SMILES string of the molecule is CN1C(=O)N(C)C(=O)C(Cc2cn(C)c3ccccc23)(CN2C[C@H]3C[C@@H](C2)c2cccc(=O)n2C3)C1=O. The van der Waals surface area contributed by atoms with Crippen LogP contribution in [0.25, 0.3) is 10.9 Å². The summed E-state index contributed by atoms with van der Waals surface area (Å²) in [6, 6.07) is 12.8. The number of amides is 4. The number of nitrogens with zero attached hydrogens (tertiary/aromatic N) is 5. The Morgan fingerprint density at radius 1 is 0.865 bits per heavy atom. The molecule has 0 aliphatic carbocycles. The summed E-state index contributed by atoms with van der Waals surface area (Å²) >= 11 is 0. The van der Waals surface area contributed by atoms with Gasteiger partial charge in [-0.1, -0.05) is 24.3 Å². The molecule has 192 valence electrons. The third-order valence-corrected chi connectivity index (χ3v) is 8.52. The first-order chi connectivity index (χ1) is 17.7. The van der Waals surface area contributed by atoms with Crippen molar-refractivity contribution in [2.24, 2.45) is 18.4 Å². The van der Waals surface area contributed by atoms with Crippen molar-refractivity contribution in [3.05, 3.63) is 70.3 Å². The Labute approximate surface area is 214 Å². The van der Waals surface area contributed by atoms with E-state index in [1.165, 1.54) is 14.1 Å². The van der Waals surface area contributed by atoms with Crippen molar-refractivity contribution in [3.8, 4) is 0 Å². The molecule has 0 radical (unpaired) electrons. The molecule has 0 N–H and O–H groups in total. The molecule has 37 heavy (non-hydrogen) atoms. The summed E-state index contributed by atoms with van der Waals surface area (Å²) in [5, 5.41) is 0.996. The summed E-state index contributed by atoms with van der Waals surface area (Å²) < 4.78 is 3.88. The fourth-order valence-electron chi connectivity index (χ4n) is 6.87. The van der Waals surface area contributed by atoms with Gasteiger partial charge < -0.3 is 14.0 Å². The van der Waals surface area contributed by atoms with Crippen LogP contribution in [0.5, 0.6) is 0 Å². The van der Waals surface area contributed by atoms with Crippen LogP contribution in [0.3, 0.4) is 0 Å². The molecule has 0 saturated carbocycles. The molecule has 2 bridgehead atoms. The molecule has 2 aromatic heterocycles. The number of carbonyl (C=O) groups is 3. The number of imide groups is 2.